The van der Waals surface area contributed by atoms with E-state index >= 15 is 0 Å². The summed E-state index contributed by atoms with van der Waals surface area (Å²) >= 11 is 0. The first-order valence-corrected chi connectivity index (χ1v) is 11.2. The summed E-state index contributed by atoms with van der Waals surface area (Å²) in [5.74, 6) is 4.30. The molecule has 4 rings (SSSR count). The summed E-state index contributed by atoms with van der Waals surface area (Å²) in [6.45, 7) is 12.8. The van der Waals surface area contributed by atoms with Crippen LogP contribution in [0.5, 0.6) is 0 Å². The average Bonchev–Trinajstić information content (AvgIpc) is 3.42. The zero-order valence-corrected chi connectivity index (χ0v) is 19.5. The van der Waals surface area contributed by atoms with Crippen LogP contribution in [0.15, 0.2) is 22.7 Å². The van der Waals surface area contributed by atoms with Crippen molar-refractivity contribution in [3.8, 4) is 0 Å². The van der Waals surface area contributed by atoms with Crippen molar-refractivity contribution >= 4 is 23.4 Å². The van der Waals surface area contributed by atoms with E-state index in [1.54, 1.807) is 0 Å². The minimum absolute atomic E-state index is 0.324. The van der Waals surface area contributed by atoms with Crippen molar-refractivity contribution in [3.05, 3.63) is 35.3 Å². The molecule has 10 nitrogen and oxygen atoms in total. The van der Waals surface area contributed by atoms with Crippen LogP contribution in [0.3, 0.4) is 0 Å². The summed E-state index contributed by atoms with van der Waals surface area (Å²) in [7, 11) is 2.14. The van der Waals surface area contributed by atoms with E-state index in [9.17, 15) is 0 Å². The van der Waals surface area contributed by atoms with Crippen molar-refractivity contribution in [3.63, 3.8) is 0 Å². The number of likely N-dealkylation sites (N-methyl/N-ethyl adjacent to an activating group) is 1. The maximum absolute atomic E-state index is 5.44. The van der Waals surface area contributed by atoms with E-state index in [0.29, 0.717) is 30.1 Å². The van der Waals surface area contributed by atoms with Crippen molar-refractivity contribution in [1.82, 2.24) is 30.2 Å². The lowest BCUT2D eigenvalue weighted by Crippen LogP contribution is -2.44. The van der Waals surface area contributed by atoms with Gasteiger partial charge >= 0.3 is 0 Å². The first-order valence-electron chi connectivity index (χ1n) is 11.2. The van der Waals surface area contributed by atoms with Crippen molar-refractivity contribution in [2.75, 3.05) is 48.8 Å². The third kappa shape index (κ3) is 5.37. The van der Waals surface area contributed by atoms with Crippen LogP contribution < -0.4 is 15.5 Å². The largest absolute Gasteiger partial charge is 0.359 e. The minimum atomic E-state index is 0.324. The molecule has 3 aromatic heterocycles. The van der Waals surface area contributed by atoms with E-state index < -0.39 is 0 Å². The topological polar surface area (TPSA) is 111 Å². The first kappa shape index (κ1) is 22.1. The molecule has 0 amide bonds. The molecule has 3 aromatic rings. The minimum Gasteiger partial charge on any atom is -0.359 e. The fraction of sp³-hybridized carbons (Fsp3) is 0.545. The number of nitrogens with one attached hydrogen (secondary N) is 3. The van der Waals surface area contributed by atoms with E-state index in [4.69, 9.17) is 9.51 Å². The number of hydrogen-bond acceptors (Lipinski definition) is 9. The lowest BCUT2D eigenvalue weighted by molar-refractivity contribution is 0.312. The zero-order valence-electron chi connectivity index (χ0n) is 19.5. The van der Waals surface area contributed by atoms with E-state index in [1.165, 1.54) is 0 Å². The Balaban J connectivity index is 1.54. The lowest BCUT2D eigenvalue weighted by atomic mass is 10.1. The molecule has 3 N–H and O–H groups in total. The van der Waals surface area contributed by atoms with Crippen LogP contribution in [0, 0.1) is 0 Å². The third-order valence-electron chi connectivity index (χ3n) is 5.61. The number of aromatic amines is 1. The molecule has 172 valence electrons. The quantitative estimate of drug-likeness (QED) is 0.485. The van der Waals surface area contributed by atoms with Gasteiger partial charge in [-0.1, -0.05) is 32.9 Å². The number of anilines is 4. The molecule has 1 aliphatic rings. The Bertz CT molecular complexity index is 1020. The van der Waals surface area contributed by atoms with Crippen molar-refractivity contribution in [1.29, 1.82) is 0 Å². The van der Waals surface area contributed by atoms with Gasteiger partial charge in [0.15, 0.2) is 11.6 Å². The maximum Gasteiger partial charge on any atom is 0.227 e. The number of piperazine rings is 1. The summed E-state index contributed by atoms with van der Waals surface area (Å²) in [6, 6.07) is 5.96. The van der Waals surface area contributed by atoms with Gasteiger partial charge in [-0.05, 0) is 18.9 Å². The lowest BCUT2D eigenvalue weighted by Gasteiger charge is -2.33. The standard InChI is InChI=1S/C22H33N9O/c1-14(2)17-11-20(28-27-17)24-19-12-21(31-8-6-30(5)7-9-31)26-22(25-19)23-13-16-10-18(15(3)4)29-32-16/h10-12,14-15H,6-9,13H2,1-5H3,(H3,23,24,25,26,27,28). The highest BCUT2D eigenvalue weighted by Gasteiger charge is 2.18. The highest BCUT2D eigenvalue weighted by molar-refractivity contribution is 5.60. The summed E-state index contributed by atoms with van der Waals surface area (Å²) in [5, 5.41) is 18.2. The van der Waals surface area contributed by atoms with Crippen molar-refractivity contribution in [2.24, 2.45) is 0 Å². The maximum atomic E-state index is 5.44. The molecule has 0 radical (unpaired) electrons. The fourth-order valence-corrected chi connectivity index (χ4v) is 3.45. The number of nitrogens with zero attached hydrogens (tertiary/aromatic N) is 6. The fourth-order valence-electron chi connectivity index (χ4n) is 3.45. The van der Waals surface area contributed by atoms with Crippen LogP contribution in [-0.2, 0) is 6.54 Å². The van der Waals surface area contributed by atoms with E-state index in [1.807, 2.05) is 18.2 Å². The van der Waals surface area contributed by atoms with Gasteiger partial charge in [-0.3, -0.25) is 5.10 Å². The SMILES string of the molecule is CC(C)c1cc(CNc2nc(Nc3cc(C(C)C)[nH]n3)cc(N3CCN(C)CC3)n2)on1. The molecule has 0 saturated carbocycles. The molecule has 1 fully saturated rings. The highest BCUT2D eigenvalue weighted by atomic mass is 16.5. The summed E-state index contributed by atoms with van der Waals surface area (Å²) in [5.41, 5.74) is 2.02. The van der Waals surface area contributed by atoms with Crippen LogP contribution in [0.4, 0.5) is 23.4 Å². The molecule has 4 heterocycles. The van der Waals surface area contributed by atoms with Gasteiger partial charge in [0.1, 0.15) is 11.6 Å². The van der Waals surface area contributed by atoms with Gasteiger partial charge in [-0.2, -0.15) is 15.1 Å². The molecular formula is C22H33N9O. The van der Waals surface area contributed by atoms with Crippen molar-refractivity contribution in [2.45, 2.75) is 46.1 Å². The summed E-state index contributed by atoms with van der Waals surface area (Å²) < 4.78 is 5.44. The Labute approximate surface area is 188 Å². The molecule has 1 aliphatic heterocycles. The van der Waals surface area contributed by atoms with Gasteiger partial charge in [-0.15, -0.1) is 0 Å². The van der Waals surface area contributed by atoms with Gasteiger partial charge in [0.2, 0.25) is 5.95 Å². The number of aromatic nitrogens is 5. The normalized spacial score (nSPS) is 15.0. The molecule has 0 unspecified atom stereocenters. The number of hydrogen-bond donors (Lipinski definition) is 3. The van der Waals surface area contributed by atoms with Gasteiger partial charge in [-0.25, -0.2) is 0 Å². The molecule has 32 heavy (non-hydrogen) atoms. The first-order chi connectivity index (χ1) is 15.4. The molecule has 10 heteroatoms. The third-order valence-corrected chi connectivity index (χ3v) is 5.61. The smallest absolute Gasteiger partial charge is 0.227 e. The van der Waals surface area contributed by atoms with Gasteiger partial charge in [0, 0.05) is 50.1 Å². The van der Waals surface area contributed by atoms with Crippen LogP contribution in [0.1, 0.15) is 56.7 Å². The number of rotatable bonds is 8. The van der Waals surface area contributed by atoms with Crippen molar-refractivity contribution < 1.29 is 4.52 Å². The molecule has 0 atom stereocenters. The van der Waals surface area contributed by atoms with E-state index in [0.717, 1.165) is 55.0 Å². The second-order valence-corrected chi connectivity index (χ2v) is 8.94. The molecule has 0 bridgehead atoms. The molecular weight excluding hydrogens is 406 g/mol. The Hall–Kier alpha value is -3.14. The van der Waals surface area contributed by atoms with E-state index in [-0.39, 0.29) is 0 Å². The van der Waals surface area contributed by atoms with Crippen LogP contribution in [0.25, 0.3) is 0 Å². The summed E-state index contributed by atoms with van der Waals surface area (Å²) in [4.78, 5) is 14.0. The second-order valence-electron chi connectivity index (χ2n) is 8.94. The molecule has 0 aliphatic carbocycles. The summed E-state index contributed by atoms with van der Waals surface area (Å²) in [6.07, 6.45) is 0. The van der Waals surface area contributed by atoms with Gasteiger partial charge in [0.05, 0.1) is 12.2 Å². The average molecular weight is 440 g/mol. The Morgan fingerprint density at radius 2 is 1.78 bits per heavy atom. The van der Waals surface area contributed by atoms with Crippen LogP contribution in [0.2, 0.25) is 0 Å². The monoisotopic (exact) mass is 439 g/mol. The predicted octanol–water partition coefficient (Wildman–Crippen LogP) is 3.54. The molecule has 0 aromatic carbocycles. The Morgan fingerprint density at radius 1 is 1.00 bits per heavy atom. The van der Waals surface area contributed by atoms with Gasteiger partial charge < -0.3 is 25.0 Å². The van der Waals surface area contributed by atoms with Crippen LogP contribution in [-0.4, -0.2) is 63.4 Å². The Morgan fingerprint density at radius 3 is 2.44 bits per heavy atom. The predicted molar refractivity (Wildman–Crippen MR) is 126 cm³/mol. The van der Waals surface area contributed by atoms with Gasteiger partial charge in [0.25, 0.3) is 0 Å². The van der Waals surface area contributed by atoms with Crippen LogP contribution >= 0.6 is 0 Å². The van der Waals surface area contributed by atoms with E-state index in [2.05, 4.69) is 75.5 Å². The highest BCUT2D eigenvalue weighted by Crippen LogP contribution is 2.24. The number of H-pyrrole nitrogens is 1. The second kappa shape index (κ2) is 9.56. The Kier molecular flexibility index (Phi) is 6.59. The zero-order chi connectivity index (χ0) is 22.7. The molecule has 0 spiro atoms. The molecule has 1 saturated heterocycles.